The van der Waals surface area contributed by atoms with E-state index in [1.54, 1.807) is 0 Å². The smallest absolute Gasteiger partial charge is 0.329 e. The van der Waals surface area contributed by atoms with Gasteiger partial charge in [0.1, 0.15) is 23.6 Å². The lowest BCUT2D eigenvalue weighted by Crippen LogP contribution is -2.53. The fourth-order valence-corrected chi connectivity index (χ4v) is 9.83. The SMILES string of the molecule is C[C@@H](COc1ccnc2c1[C@H](C)CCC2)CC1Cc2ccc(OCC3CN(C)CCN3C)cc2C12CCC(Nc1cccc(Cl)c1)(C(=O)O)CC2. The van der Waals surface area contributed by atoms with Gasteiger partial charge in [-0.1, -0.05) is 37.6 Å². The highest BCUT2D eigenvalue weighted by atomic mass is 35.5. The summed E-state index contributed by atoms with van der Waals surface area (Å²) in [4.78, 5) is 22.5. The Morgan fingerprint density at radius 2 is 1.92 bits per heavy atom. The fourth-order valence-electron chi connectivity index (χ4n) is 9.64. The summed E-state index contributed by atoms with van der Waals surface area (Å²) in [5.74, 6) is 2.28. The predicted molar refractivity (Wildman–Crippen MR) is 203 cm³/mol. The number of nitrogens with zero attached hydrogens (tertiary/aromatic N) is 3. The Labute approximate surface area is 308 Å². The number of aryl methyl sites for hydroxylation is 1. The molecule has 3 aliphatic carbocycles. The van der Waals surface area contributed by atoms with Gasteiger partial charge in [-0.15, -0.1) is 0 Å². The molecule has 3 aromatic rings. The van der Waals surface area contributed by atoms with Gasteiger partial charge in [0.05, 0.1) is 12.6 Å². The quantitative estimate of drug-likeness (QED) is 0.208. The number of nitrogens with one attached hydrogen (secondary N) is 1. The standard InChI is InChI=1S/C42H55ClN4O4/c1-28(26-51-38-13-18-44-37-10-5-7-29(2)39(37)38)21-31-22-30-11-12-35(50-27-34-25-46(3)19-20-47(34)4)24-36(30)41(31)14-16-42(17-15-41,40(48)49)45-33-9-6-8-32(43)23-33/h6,8-9,11-13,18,23-24,28-29,31,34,45H,5,7,10,14-17,19-22,25-27H2,1-4H3,(H,48,49)/t28-,29-,31?,34?,41?,42?/m1/s1. The van der Waals surface area contributed by atoms with E-state index in [0.29, 0.717) is 54.9 Å². The van der Waals surface area contributed by atoms with Gasteiger partial charge in [0.2, 0.25) is 0 Å². The highest BCUT2D eigenvalue weighted by Crippen LogP contribution is 2.57. The summed E-state index contributed by atoms with van der Waals surface area (Å²) in [6, 6.07) is 16.5. The zero-order valence-electron chi connectivity index (χ0n) is 30.8. The van der Waals surface area contributed by atoms with Gasteiger partial charge in [-0.3, -0.25) is 9.88 Å². The number of ether oxygens (including phenoxy) is 2. The molecule has 8 nitrogen and oxygen atoms in total. The molecular formula is C42H55ClN4O4. The number of carbonyl (C=O) groups is 1. The zero-order chi connectivity index (χ0) is 35.8. The summed E-state index contributed by atoms with van der Waals surface area (Å²) in [5, 5.41) is 14.7. The Kier molecular flexibility index (Phi) is 10.6. The molecule has 4 atom stereocenters. The van der Waals surface area contributed by atoms with Gasteiger partial charge in [-0.25, -0.2) is 4.79 Å². The van der Waals surface area contributed by atoms with Crippen molar-refractivity contribution in [2.24, 2.45) is 11.8 Å². The number of aromatic nitrogens is 1. The largest absolute Gasteiger partial charge is 0.493 e. The van der Waals surface area contributed by atoms with E-state index >= 15 is 0 Å². The van der Waals surface area contributed by atoms with Crippen LogP contribution < -0.4 is 14.8 Å². The molecule has 2 fully saturated rings. The van der Waals surface area contributed by atoms with E-state index in [0.717, 1.165) is 68.9 Å². The number of aliphatic carboxylic acids is 1. The maximum Gasteiger partial charge on any atom is 0.329 e. The average molecular weight is 715 g/mol. The van der Waals surface area contributed by atoms with Crippen LogP contribution in [0.1, 0.15) is 87.1 Å². The van der Waals surface area contributed by atoms with Crippen molar-refractivity contribution >= 4 is 23.3 Å². The number of piperazine rings is 1. The Morgan fingerprint density at radius 3 is 2.71 bits per heavy atom. The zero-order valence-corrected chi connectivity index (χ0v) is 31.6. The first kappa shape index (κ1) is 36.0. The third kappa shape index (κ3) is 7.47. The van der Waals surface area contributed by atoms with Crippen LogP contribution in [0.3, 0.4) is 0 Å². The van der Waals surface area contributed by atoms with Crippen LogP contribution in [0, 0.1) is 11.8 Å². The molecule has 9 heteroatoms. The van der Waals surface area contributed by atoms with E-state index in [9.17, 15) is 9.90 Å². The number of carboxylic acid groups (broad SMARTS) is 1. The molecule has 1 aromatic heterocycles. The van der Waals surface area contributed by atoms with E-state index in [2.05, 4.69) is 66.2 Å². The van der Waals surface area contributed by atoms with E-state index in [4.69, 9.17) is 21.1 Å². The minimum Gasteiger partial charge on any atom is -0.493 e. The lowest BCUT2D eigenvalue weighted by molar-refractivity contribution is -0.144. The molecule has 51 heavy (non-hydrogen) atoms. The van der Waals surface area contributed by atoms with Crippen LogP contribution in [0.4, 0.5) is 5.69 Å². The van der Waals surface area contributed by atoms with E-state index in [1.807, 2.05) is 36.5 Å². The third-order valence-corrected chi connectivity index (χ3v) is 12.9. The molecule has 4 aliphatic rings. The molecule has 1 saturated carbocycles. The Morgan fingerprint density at radius 1 is 1.10 bits per heavy atom. The number of anilines is 1. The van der Waals surface area contributed by atoms with Gasteiger partial charge in [0.15, 0.2) is 0 Å². The van der Waals surface area contributed by atoms with Crippen LogP contribution in [0.15, 0.2) is 54.7 Å². The van der Waals surface area contributed by atoms with Crippen LogP contribution in [-0.4, -0.2) is 84.4 Å². The van der Waals surface area contributed by atoms with Crippen LogP contribution in [0.5, 0.6) is 11.5 Å². The minimum absolute atomic E-state index is 0.135. The molecule has 0 bridgehead atoms. The first-order chi connectivity index (χ1) is 24.5. The lowest BCUT2D eigenvalue weighted by atomic mass is 9.59. The van der Waals surface area contributed by atoms with Crippen molar-refractivity contribution in [3.8, 4) is 11.5 Å². The normalized spacial score (nSPS) is 28.5. The van der Waals surface area contributed by atoms with E-state index in [1.165, 1.54) is 35.2 Å². The number of hydrogen-bond acceptors (Lipinski definition) is 7. The molecule has 2 N–H and O–H groups in total. The highest BCUT2D eigenvalue weighted by Gasteiger charge is 2.54. The van der Waals surface area contributed by atoms with Crippen LogP contribution in [0.2, 0.25) is 5.02 Å². The number of pyridine rings is 1. The van der Waals surface area contributed by atoms with Crippen molar-refractivity contribution < 1.29 is 19.4 Å². The average Bonchev–Trinajstić information content (AvgIpc) is 3.40. The molecule has 0 radical (unpaired) electrons. The lowest BCUT2D eigenvalue weighted by Gasteiger charge is -2.47. The molecule has 1 spiro atoms. The molecule has 0 amide bonds. The van der Waals surface area contributed by atoms with E-state index < -0.39 is 11.5 Å². The highest BCUT2D eigenvalue weighted by molar-refractivity contribution is 6.30. The van der Waals surface area contributed by atoms with Gasteiger partial charge in [0.25, 0.3) is 0 Å². The van der Waals surface area contributed by atoms with Gasteiger partial charge < -0.3 is 24.8 Å². The Bertz CT molecular complexity index is 1710. The molecule has 2 aromatic carbocycles. The first-order valence-corrected chi connectivity index (χ1v) is 19.5. The molecule has 2 heterocycles. The molecular weight excluding hydrogens is 660 g/mol. The predicted octanol–water partition coefficient (Wildman–Crippen LogP) is 7.82. The topological polar surface area (TPSA) is 87.2 Å². The molecule has 274 valence electrons. The molecule has 7 rings (SSSR count). The number of rotatable bonds is 11. The number of fused-ring (bicyclic) bond motifs is 3. The monoisotopic (exact) mass is 714 g/mol. The second kappa shape index (κ2) is 15.0. The number of likely N-dealkylation sites (N-methyl/N-ethyl adjacent to an activating group) is 2. The molecule has 2 unspecified atom stereocenters. The summed E-state index contributed by atoms with van der Waals surface area (Å²) >= 11 is 6.30. The van der Waals surface area contributed by atoms with Crippen molar-refractivity contribution in [1.82, 2.24) is 14.8 Å². The summed E-state index contributed by atoms with van der Waals surface area (Å²) in [5.41, 5.74) is 4.77. The van der Waals surface area contributed by atoms with Gasteiger partial charge >= 0.3 is 5.97 Å². The Hall–Kier alpha value is -3.33. The van der Waals surface area contributed by atoms with Crippen molar-refractivity contribution in [1.29, 1.82) is 0 Å². The second-order valence-electron chi connectivity index (χ2n) is 16.2. The summed E-state index contributed by atoms with van der Waals surface area (Å²) in [6.45, 7) is 9.01. The summed E-state index contributed by atoms with van der Waals surface area (Å²) in [6.07, 6.45) is 9.91. The third-order valence-electron chi connectivity index (χ3n) is 12.7. The van der Waals surface area contributed by atoms with Gasteiger partial charge in [-0.2, -0.15) is 0 Å². The van der Waals surface area contributed by atoms with Crippen molar-refractivity contribution in [3.63, 3.8) is 0 Å². The number of hydrogen-bond donors (Lipinski definition) is 2. The van der Waals surface area contributed by atoms with Gasteiger partial charge in [0, 0.05) is 47.8 Å². The summed E-state index contributed by atoms with van der Waals surface area (Å²) < 4.78 is 13.1. The first-order valence-electron chi connectivity index (χ1n) is 19.1. The van der Waals surface area contributed by atoms with Crippen LogP contribution in [0.25, 0.3) is 0 Å². The van der Waals surface area contributed by atoms with Gasteiger partial charge in [-0.05, 0) is 143 Å². The Balaban J connectivity index is 1.12. The molecule has 1 saturated heterocycles. The van der Waals surface area contributed by atoms with Crippen molar-refractivity contribution in [2.45, 2.75) is 94.5 Å². The van der Waals surface area contributed by atoms with Crippen molar-refractivity contribution in [3.05, 3.63) is 82.1 Å². The van der Waals surface area contributed by atoms with Crippen molar-refractivity contribution in [2.75, 3.05) is 52.3 Å². The number of benzene rings is 2. The number of halogens is 1. The number of carboxylic acids is 1. The minimum atomic E-state index is -1.05. The van der Waals surface area contributed by atoms with Crippen LogP contribution >= 0.6 is 11.6 Å². The summed E-state index contributed by atoms with van der Waals surface area (Å²) in [7, 11) is 4.37. The van der Waals surface area contributed by atoms with E-state index in [-0.39, 0.29) is 5.41 Å². The maximum absolute atomic E-state index is 13.0. The maximum atomic E-state index is 13.0. The second-order valence-corrected chi connectivity index (χ2v) is 16.7. The fraction of sp³-hybridized carbons (Fsp3) is 0.571. The van der Waals surface area contributed by atoms with Crippen LogP contribution in [-0.2, 0) is 23.1 Å². The molecule has 1 aliphatic heterocycles.